The highest BCUT2D eigenvalue weighted by Crippen LogP contribution is 2.29. The Morgan fingerprint density at radius 3 is 2.21 bits per heavy atom. The van der Waals surface area contributed by atoms with Crippen molar-refractivity contribution in [2.24, 2.45) is 0 Å². The first-order valence-electron chi connectivity index (χ1n) is 15.3. The molecule has 1 unspecified atom stereocenters. The van der Waals surface area contributed by atoms with Crippen LogP contribution >= 0.6 is 0 Å². The topological polar surface area (TPSA) is 86.8 Å². The van der Waals surface area contributed by atoms with Gasteiger partial charge in [0.25, 0.3) is 10.0 Å². The first-order chi connectivity index (χ1) is 20.5. The molecule has 3 aromatic carbocycles. The number of aryl methyl sites for hydroxylation is 3. The van der Waals surface area contributed by atoms with Crippen molar-refractivity contribution < 1.29 is 18.0 Å². The average molecular weight is 604 g/mol. The van der Waals surface area contributed by atoms with E-state index in [1.54, 1.807) is 41.3 Å². The summed E-state index contributed by atoms with van der Waals surface area (Å²) in [6, 6.07) is 19.3. The number of nitrogens with one attached hydrogen (secondary N) is 1. The molecular formula is C35H45N3O4S. The molecule has 1 N–H and O–H groups in total. The predicted octanol–water partition coefficient (Wildman–Crippen LogP) is 6.37. The van der Waals surface area contributed by atoms with E-state index < -0.39 is 28.5 Å². The highest BCUT2D eigenvalue weighted by atomic mass is 32.2. The maximum absolute atomic E-state index is 14.4. The van der Waals surface area contributed by atoms with Crippen LogP contribution in [0.5, 0.6) is 0 Å². The molecule has 0 aromatic heterocycles. The summed E-state index contributed by atoms with van der Waals surface area (Å²) in [7, 11) is -4.11. The van der Waals surface area contributed by atoms with Crippen LogP contribution in [0.3, 0.4) is 0 Å². The van der Waals surface area contributed by atoms with E-state index in [4.69, 9.17) is 0 Å². The van der Waals surface area contributed by atoms with Crippen LogP contribution < -0.4 is 9.62 Å². The molecule has 1 aliphatic rings. The number of amides is 2. The van der Waals surface area contributed by atoms with E-state index in [9.17, 15) is 18.0 Å². The maximum atomic E-state index is 14.4. The van der Waals surface area contributed by atoms with Gasteiger partial charge in [-0.05, 0) is 81.8 Å². The maximum Gasteiger partial charge on any atom is 0.264 e. The van der Waals surface area contributed by atoms with Crippen LogP contribution in [0.25, 0.3) is 0 Å². The number of sulfonamides is 1. The van der Waals surface area contributed by atoms with E-state index in [0.29, 0.717) is 12.1 Å². The summed E-state index contributed by atoms with van der Waals surface area (Å²) in [5.74, 6) is -0.612. The van der Waals surface area contributed by atoms with Crippen LogP contribution in [-0.4, -0.2) is 43.8 Å². The van der Waals surface area contributed by atoms with Crippen molar-refractivity contribution in [2.75, 3.05) is 10.8 Å². The molecule has 0 radical (unpaired) electrons. The lowest BCUT2D eigenvalue weighted by Crippen LogP contribution is -2.54. The van der Waals surface area contributed by atoms with E-state index >= 15 is 0 Å². The van der Waals surface area contributed by atoms with Crippen LogP contribution in [0.4, 0.5) is 5.69 Å². The normalized spacial score (nSPS) is 14.6. The number of carbonyl (C=O) groups excluding carboxylic acids is 2. The Morgan fingerprint density at radius 2 is 1.56 bits per heavy atom. The minimum atomic E-state index is -4.11. The molecule has 0 heterocycles. The zero-order valence-electron chi connectivity index (χ0n) is 26.1. The van der Waals surface area contributed by atoms with Gasteiger partial charge in [0, 0.05) is 12.6 Å². The molecule has 1 atom stereocenters. The summed E-state index contributed by atoms with van der Waals surface area (Å²) in [6.07, 6.45) is 5.60. The molecule has 230 valence electrons. The molecule has 1 aliphatic carbocycles. The molecule has 0 aliphatic heterocycles. The first-order valence-corrected chi connectivity index (χ1v) is 16.8. The highest BCUT2D eigenvalue weighted by Gasteiger charge is 2.35. The number of benzene rings is 3. The third-order valence-electron chi connectivity index (χ3n) is 8.51. The van der Waals surface area contributed by atoms with Crippen molar-refractivity contribution in [1.82, 2.24) is 10.2 Å². The first kappa shape index (κ1) is 32.3. The summed E-state index contributed by atoms with van der Waals surface area (Å²) in [5.41, 5.74) is 5.01. The minimum Gasteiger partial charge on any atom is -0.352 e. The van der Waals surface area contributed by atoms with Gasteiger partial charge in [-0.1, -0.05) is 85.8 Å². The Labute approximate surface area is 257 Å². The third-order valence-corrected chi connectivity index (χ3v) is 10.3. The van der Waals surface area contributed by atoms with E-state index in [1.807, 2.05) is 65.0 Å². The number of rotatable bonds is 11. The second-order valence-corrected chi connectivity index (χ2v) is 13.7. The van der Waals surface area contributed by atoms with Crippen molar-refractivity contribution in [3.05, 3.63) is 94.5 Å². The van der Waals surface area contributed by atoms with Gasteiger partial charge >= 0.3 is 0 Å². The van der Waals surface area contributed by atoms with Crippen LogP contribution in [-0.2, 0) is 26.2 Å². The van der Waals surface area contributed by atoms with Gasteiger partial charge in [0.15, 0.2) is 0 Å². The zero-order valence-corrected chi connectivity index (χ0v) is 26.9. The summed E-state index contributed by atoms with van der Waals surface area (Å²) in [5, 5.41) is 3.20. The fourth-order valence-corrected chi connectivity index (χ4v) is 7.30. The highest BCUT2D eigenvalue weighted by molar-refractivity contribution is 7.92. The van der Waals surface area contributed by atoms with Gasteiger partial charge in [0.1, 0.15) is 12.6 Å². The van der Waals surface area contributed by atoms with Crippen molar-refractivity contribution >= 4 is 27.5 Å². The molecule has 1 fully saturated rings. The van der Waals surface area contributed by atoms with E-state index in [1.165, 1.54) is 10.7 Å². The largest absolute Gasteiger partial charge is 0.352 e. The van der Waals surface area contributed by atoms with Crippen LogP contribution in [0.15, 0.2) is 71.6 Å². The fourth-order valence-electron chi connectivity index (χ4n) is 5.83. The lowest BCUT2D eigenvalue weighted by molar-refractivity contribution is -0.140. The molecule has 0 bridgehead atoms. The Balaban J connectivity index is 1.74. The second kappa shape index (κ2) is 14.2. The van der Waals surface area contributed by atoms with Gasteiger partial charge in [-0.15, -0.1) is 0 Å². The smallest absolute Gasteiger partial charge is 0.264 e. The summed E-state index contributed by atoms with van der Waals surface area (Å²) in [4.78, 5) is 29.8. The Bertz CT molecular complexity index is 1530. The van der Waals surface area contributed by atoms with Gasteiger partial charge in [-0.3, -0.25) is 13.9 Å². The number of hydrogen-bond donors (Lipinski definition) is 1. The number of nitrogens with zero attached hydrogens (tertiary/aromatic N) is 2. The number of anilines is 1. The molecule has 1 saturated carbocycles. The Kier molecular flexibility index (Phi) is 10.7. The molecule has 43 heavy (non-hydrogen) atoms. The van der Waals surface area contributed by atoms with E-state index in [-0.39, 0.29) is 23.4 Å². The van der Waals surface area contributed by atoms with Crippen LogP contribution in [0, 0.1) is 27.7 Å². The van der Waals surface area contributed by atoms with E-state index in [2.05, 4.69) is 5.32 Å². The summed E-state index contributed by atoms with van der Waals surface area (Å²) in [6.45, 7) is 9.33. The monoisotopic (exact) mass is 603 g/mol. The standard InChI is InChI=1S/C35H45N3O4S/c1-6-32(35(40)36-30-15-8-7-9-16-30)37(23-29-14-10-12-26(3)22-29)34(39)24-38(33-17-11-13-27(4)28(33)5)43(41,42)31-20-18-25(2)19-21-31/h10-14,17-22,30,32H,6-9,15-16,23-24H2,1-5H3,(H,36,40). The molecule has 3 aromatic rings. The second-order valence-electron chi connectivity index (χ2n) is 11.8. The van der Waals surface area contributed by atoms with Crippen LogP contribution in [0.1, 0.15) is 73.3 Å². The lowest BCUT2D eigenvalue weighted by atomic mass is 9.95. The predicted molar refractivity (Wildman–Crippen MR) is 172 cm³/mol. The van der Waals surface area contributed by atoms with Gasteiger partial charge in [0.05, 0.1) is 10.6 Å². The lowest BCUT2D eigenvalue weighted by Gasteiger charge is -2.35. The van der Waals surface area contributed by atoms with Crippen LogP contribution in [0.2, 0.25) is 0 Å². The van der Waals surface area contributed by atoms with Crippen molar-refractivity contribution in [1.29, 1.82) is 0 Å². The van der Waals surface area contributed by atoms with Gasteiger partial charge in [-0.2, -0.15) is 0 Å². The van der Waals surface area contributed by atoms with Gasteiger partial charge < -0.3 is 10.2 Å². The molecular weight excluding hydrogens is 558 g/mol. The van der Waals surface area contributed by atoms with Gasteiger partial charge in [-0.25, -0.2) is 8.42 Å². The van der Waals surface area contributed by atoms with Crippen molar-refractivity contribution in [3.63, 3.8) is 0 Å². The zero-order chi connectivity index (χ0) is 31.1. The molecule has 8 heteroatoms. The average Bonchev–Trinajstić information content (AvgIpc) is 2.98. The number of carbonyl (C=O) groups is 2. The van der Waals surface area contributed by atoms with Crippen molar-refractivity contribution in [3.8, 4) is 0 Å². The molecule has 0 saturated heterocycles. The Morgan fingerprint density at radius 1 is 0.884 bits per heavy atom. The quantitative estimate of drug-likeness (QED) is 0.276. The molecule has 2 amide bonds. The third kappa shape index (κ3) is 7.85. The summed E-state index contributed by atoms with van der Waals surface area (Å²) < 4.78 is 29.6. The summed E-state index contributed by atoms with van der Waals surface area (Å²) >= 11 is 0. The molecule has 4 rings (SSSR count). The Hall–Kier alpha value is -3.65. The molecule has 7 nitrogen and oxygen atoms in total. The minimum absolute atomic E-state index is 0.0968. The molecule has 0 spiro atoms. The fraction of sp³-hybridized carbons (Fsp3) is 0.429. The van der Waals surface area contributed by atoms with Crippen molar-refractivity contribution in [2.45, 2.75) is 96.7 Å². The number of hydrogen-bond acceptors (Lipinski definition) is 4. The van der Waals surface area contributed by atoms with E-state index in [0.717, 1.165) is 53.5 Å². The SMILES string of the molecule is CCC(C(=O)NC1CCCCC1)N(Cc1cccc(C)c1)C(=O)CN(c1cccc(C)c1C)S(=O)(=O)c1ccc(C)cc1. The van der Waals surface area contributed by atoms with Gasteiger partial charge in [0.2, 0.25) is 11.8 Å².